The molecule has 0 amide bonds. The Labute approximate surface area is 127 Å². The lowest BCUT2D eigenvalue weighted by Gasteiger charge is -2.13. The SMILES string of the molecule is CCN(CC)CC.O=P(O)(O)O.O=P(O)(O)O.O=P(O)(O)O. The van der Waals surface area contributed by atoms with Gasteiger partial charge in [0.15, 0.2) is 0 Å². The molecule has 0 aliphatic rings. The van der Waals surface area contributed by atoms with Gasteiger partial charge in [0.25, 0.3) is 0 Å². The maximum atomic E-state index is 8.88. The number of hydrogen-bond donors (Lipinski definition) is 9. The summed E-state index contributed by atoms with van der Waals surface area (Å²) in [7, 11) is -13.9. The van der Waals surface area contributed by atoms with Crippen molar-refractivity contribution in [1.82, 2.24) is 4.90 Å². The van der Waals surface area contributed by atoms with Gasteiger partial charge >= 0.3 is 23.5 Å². The molecule has 0 fully saturated rings. The van der Waals surface area contributed by atoms with E-state index in [2.05, 4.69) is 25.7 Å². The van der Waals surface area contributed by atoms with E-state index in [0.717, 1.165) is 0 Å². The summed E-state index contributed by atoms with van der Waals surface area (Å²) >= 11 is 0. The van der Waals surface area contributed by atoms with Crippen LogP contribution in [0.5, 0.6) is 0 Å². The molecule has 140 valence electrons. The summed E-state index contributed by atoms with van der Waals surface area (Å²) in [6, 6.07) is 0. The van der Waals surface area contributed by atoms with Crippen LogP contribution in [0.3, 0.4) is 0 Å². The average Bonchev–Trinajstić information content (AvgIpc) is 2.12. The molecule has 13 nitrogen and oxygen atoms in total. The molecule has 0 saturated heterocycles. The van der Waals surface area contributed by atoms with Gasteiger partial charge in [0.1, 0.15) is 0 Å². The van der Waals surface area contributed by atoms with E-state index < -0.39 is 23.5 Å². The third-order valence-electron chi connectivity index (χ3n) is 1.34. The summed E-state index contributed by atoms with van der Waals surface area (Å²) in [5.74, 6) is 0. The van der Waals surface area contributed by atoms with Crippen molar-refractivity contribution in [2.24, 2.45) is 0 Å². The monoisotopic (exact) mass is 395 g/mol. The van der Waals surface area contributed by atoms with Gasteiger partial charge in [-0.15, -0.1) is 0 Å². The van der Waals surface area contributed by atoms with E-state index in [9.17, 15) is 0 Å². The van der Waals surface area contributed by atoms with Crippen molar-refractivity contribution >= 4 is 23.5 Å². The largest absolute Gasteiger partial charge is 0.466 e. The highest BCUT2D eigenvalue weighted by Crippen LogP contribution is 2.26. The lowest BCUT2D eigenvalue weighted by Crippen LogP contribution is -2.21. The van der Waals surface area contributed by atoms with Crippen LogP contribution in [0.25, 0.3) is 0 Å². The fourth-order valence-electron chi connectivity index (χ4n) is 0.671. The van der Waals surface area contributed by atoms with E-state index >= 15 is 0 Å². The van der Waals surface area contributed by atoms with Crippen LogP contribution < -0.4 is 0 Å². The van der Waals surface area contributed by atoms with Gasteiger partial charge in [0.2, 0.25) is 0 Å². The van der Waals surface area contributed by atoms with E-state index in [1.165, 1.54) is 19.6 Å². The highest BCUT2D eigenvalue weighted by molar-refractivity contribution is 7.45. The smallest absolute Gasteiger partial charge is 0.304 e. The topological polar surface area (TPSA) is 237 Å². The summed E-state index contributed by atoms with van der Waals surface area (Å²) in [5.41, 5.74) is 0. The fourth-order valence-corrected chi connectivity index (χ4v) is 0.671. The van der Waals surface area contributed by atoms with Crippen LogP contribution >= 0.6 is 23.5 Å². The molecule has 16 heteroatoms. The standard InChI is InChI=1S/C6H15N.3H3O4P/c1-4-7(5-2)6-3;3*1-5(2,3)4/h4-6H2,1-3H3;3*(H3,1,2,3,4). The van der Waals surface area contributed by atoms with Gasteiger partial charge in [0, 0.05) is 0 Å². The van der Waals surface area contributed by atoms with Crippen LogP contribution in [-0.4, -0.2) is 68.6 Å². The van der Waals surface area contributed by atoms with Crippen molar-refractivity contribution in [1.29, 1.82) is 0 Å². The van der Waals surface area contributed by atoms with Gasteiger partial charge in [0.05, 0.1) is 0 Å². The third-order valence-corrected chi connectivity index (χ3v) is 1.34. The zero-order valence-corrected chi connectivity index (χ0v) is 14.8. The number of nitrogens with zero attached hydrogens (tertiary/aromatic N) is 1. The molecule has 0 aromatic rings. The van der Waals surface area contributed by atoms with Crippen LogP contribution in [0.15, 0.2) is 0 Å². The predicted molar refractivity (Wildman–Crippen MR) is 76.3 cm³/mol. The van der Waals surface area contributed by atoms with Gasteiger partial charge in [-0.2, -0.15) is 0 Å². The lowest BCUT2D eigenvalue weighted by atomic mass is 10.5. The minimum absolute atomic E-state index is 1.19. The van der Waals surface area contributed by atoms with Gasteiger partial charge < -0.3 is 48.9 Å². The molecule has 0 unspecified atom stereocenters. The van der Waals surface area contributed by atoms with E-state index in [4.69, 9.17) is 57.7 Å². The lowest BCUT2D eigenvalue weighted by molar-refractivity contribution is 0.272. The number of hydrogen-bond acceptors (Lipinski definition) is 4. The summed E-state index contributed by atoms with van der Waals surface area (Å²) in [6.45, 7) is 10.1. The first kappa shape index (κ1) is 30.2. The van der Waals surface area contributed by atoms with Crippen molar-refractivity contribution in [2.45, 2.75) is 20.8 Å². The highest BCUT2D eigenvalue weighted by Gasteiger charge is 2.01. The van der Waals surface area contributed by atoms with E-state index in [1.54, 1.807) is 0 Å². The normalized spacial score (nSPS) is 11.3. The molecular weight excluding hydrogens is 371 g/mol. The van der Waals surface area contributed by atoms with Crippen LogP contribution in [0, 0.1) is 0 Å². The third kappa shape index (κ3) is 191. The van der Waals surface area contributed by atoms with Gasteiger partial charge in [-0.05, 0) is 19.6 Å². The quantitative estimate of drug-likeness (QED) is 0.249. The molecule has 22 heavy (non-hydrogen) atoms. The highest BCUT2D eigenvalue weighted by atomic mass is 31.2. The van der Waals surface area contributed by atoms with Gasteiger partial charge in [-0.3, -0.25) is 0 Å². The second-order valence-electron chi connectivity index (χ2n) is 3.16. The van der Waals surface area contributed by atoms with E-state index in [1.807, 2.05) is 0 Å². The minimum atomic E-state index is -4.64. The Kier molecular flexibility index (Phi) is 20.4. The van der Waals surface area contributed by atoms with Crippen molar-refractivity contribution < 1.29 is 57.7 Å². The maximum Gasteiger partial charge on any atom is 0.466 e. The molecule has 0 heterocycles. The van der Waals surface area contributed by atoms with Crippen molar-refractivity contribution in [3.63, 3.8) is 0 Å². The summed E-state index contributed by atoms with van der Waals surface area (Å²) in [6.07, 6.45) is 0. The Balaban J connectivity index is -0.0000000995. The molecule has 0 rings (SSSR count). The minimum Gasteiger partial charge on any atom is -0.304 e. The molecule has 0 aromatic carbocycles. The Morgan fingerprint density at radius 2 is 0.636 bits per heavy atom. The Hall–Kier alpha value is 0.290. The summed E-state index contributed by atoms with van der Waals surface area (Å²) < 4.78 is 26.6. The van der Waals surface area contributed by atoms with Crippen LogP contribution in [0.1, 0.15) is 20.8 Å². The van der Waals surface area contributed by atoms with Crippen molar-refractivity contribution in [2.75, 3.05) is 19.6 Å². The first-order chi connectivity index (χ1) is 9.35. The van der Waals surface area contributed by atoms with Crippen molar-refractivity contribution in [3.05, 3.63) is 0 Å². The molecule has 0 aliphatic heterocycles. The first-order valence-electron chi connectivity index (χ1n) is 5.42. The van der Waals surface area contributed by atoms with Gasteiger partial charge in [-0.1, -0.05) is 20.8 Å². The molecule has 0 aromatic heterocycles. The summed E-state index contributed by atoms with van der Waals surface area (Å²) in [4.78, 5) is 67.1. The van der Waals surface area contributed by atoms with E-state index in [-0.39, 0.29) is 0 Å². The average molecular weight is 395 g/mol. The predicted octanol–water partition coefficient (Wildman–Crippen LogP) is -1.44. The Bertz CT molecular complexity index is 289. The number of rotatable bonds is 3. The second kappa shape index (κ2) is 14.9. The number of phosphoric acid groups is 3. The maximum absolute atomic E-state index is 8.88. The Morgan fingerprint density at radius 1 is 0.545 bits per heavy atom. The zero-order valence-electron chi connectivity index (χ0n) is 12.2. The van der Waals surface area contributed by atoms with Crippen LogP contribution in [0.2, 0.25) is 0 Å². The fraction of sp³-hybridized carbons (Fsp3) is 1.00. The molecule has 0 saturated carbocycles. The van der Waals surface area contributed by atoms with E-state index in [0.29, 0.717) is 0 Å². The molecule has 0 aliphatic carbocycles. The summed E-state index contributed by atoms with van der Waals surface area (Å²) in [5, 5.41) is 0. The van der Waals surface area contributed by atoms with Crippen molar-refractivity contribution in [3.8, 4) is 0 Å². The molecular formula is C6H24NO12P3. The molecule has 0 radical (unpaired) electrons. The molecule has 9 N–H and O–H groups in total. The first-order valence-corrected chi connectivity index (χ1v) is 10.1. The molecule has 0 spiro atoms. The molecule has 0 bridgehead atoms. The van der Waals surface area contributed by atoms with Crippen LogP contribution in [0.4, 0.5) is 0 Å². The van der Waals surface area contributed by atoms with Gasteiger partial charge in [-0.25, -0.2) is 13.7 Å². The van der Waals surface area contributed by atoms with Crippen LogP contribution in [-0.2, 0) is 13.7 Å². The Morgan fingerprint density at radius 3 is 0.636 bits per heavy atom. The zero-order chi connectivity index (χ0) is 19.2. The molecule has 0 atom stereocenters. The second-order valence-corrected chi connectivity index (χ2v) is 6.24.